The number of carbonyl (C=O) groups is 1. The molecule has 1 heterocycles. The Morgan fingerprint density at radius 1 is 1.33 bits per heavy atom. The second-order valence-corrected chi connectivity index (χ2v) is 7.00. The van der Waals surface area contributed by atoms with E-state index >= 15 is 0 Å². The summed E-state index contributed by atoms with van der Waals surface area (Å²) in [6.45, 7) is 7.36. The van der Waals surface area contributed by atoms with Crippen molar-refractivity contribution in [3.8, 4) is 0 Å². The summed E-state index contributed by atoms with van der Waals surface area (Å²) in [5.41, 5.74) is 6.50. The minimum Gasteiger partial charge on any atom is -0.390 e. The fraction of sp³-hybridized carbons (Fsp3) is 0.632. The van der Waals surface area contributed by atoms with E-state index in [-0.39, 0.29) is 18.4 Å². The molecule has 0 bridgehead atoms. The van der Waals surface area contributed by atoms with E-state index in [2.05, 4.69) is 5.32 Å². The largest absolute Gasteiger partial charge is 0.390 e. The van der Waals surface area contributed by atoms with Gasteiger partial charge in [0.05, 0.1) is 12.6 Å². The van der Waals surface area contributed by atoms with Gasteiger partial charge in [-0.2, -0.15) is 0 Å². The van der Waals surface area contributed by atoms with Crippen LogP contribution in [0.4, 0.5) is 8.78 Å². The van der Waals surface area contributed by atoms with E-state index in [9.17, 15) is 18.7 Å². The highest BCUT2D eigenvalue weighted by Crippen LogP contribution is 2.13. The maximum atomic E-state index is 13.3. The molecule has 1 aliphatic heterocycles. The fourth-order valence-electron chi connectivity index (χ4n) is 3.50. The lowest BCUT2D eigenvalue weighted by atomic mass is 9.95. The molecule has 8 heteroatoms. The third-order valence-electron chi connectivity index (χ3n) is 5.01. The van der Waals surface area contributed by atoms with E-state index in [4.69, 9.17) is 5.73 Å². The van der Waals surface area contributed by atoms with Gasteiger partial charge in [0.25, 0.3) is 0 Å². The topological polar surface area (TPSA) is 81.8 Å². The minimum atomic E-state index is -0.900. The summed E-state index contributed by atoms with van der Waals surface area (Å²) in [7, 11) is 0. The molecule has 1 saturated heterocycles. The molecule has 27 heavy (non-hydrogen) atoms. The molecular weight excluding hydrogens is 354 g/mol. The molecule has 0 unspecified atom stereocenters. The Balaban J connectivity index is 1.92. The predicted molar refractivity (Wildman–Crippen MR) is 100 cm³/mol. The van der Waals surface area contributed by atoms with Crippen LogP contribution in [0.3, 0.4) is 0 Å². The van der Waals surface area contributed by atoms with Crippen molar-refractivity contribution in [2.75, 3.05) is 39.3 Å². The third-order valence-corrected chi connectivity index (χ3v) is 5.01. The SMILES string of the molecule is CCN(CC)C(=O)CN1CCN[C@@H]([C@@H](O)[C@@H](N)Cc2cc(F)cc(F)c2)C1. The average Bonchev–Trinajstić information content (AvgIpc) is 2.61. The van der Waals surface area contributed by atoms with Crippen molar-refractivity contribution >= 4 is 5.91 Å². The molecule has 0 saturated carbocycles. The fourth-order valence-corrected chi connectivity index (χ4v) is 3.50. The number of halogens is 2. The zero-order valence-electron chi connectivity index (χ0n) is 16.0. The molecule has 0 aromatic heterocycles. The predicted octanol–water partition coefficient (Wildman–Crippen LogP) is 0.338. The van der Waals surface area contributed by atoms with Crippen molar-refractivity contribution in [3.05, 3.63) is 35.4 Å². The molecule has 152 valence electrons. The van der Waals surface area contributed by atoms with Crippen LogP contribution in [0.5, 0.6) is 0 Å². The standard InChI is InChI=1S/C19H30F2N4O2/c1-3-25(4-2)18(26)12-24-6-5-23-17(11-24)19(27)16(22)9-13-7-14(20)10-15(21)8-13/h7-8,10,16-17,19,23,27H,3-6,9,11-12,22H2,1-2H3/t16-,17+,19-/m0/s1. The van der Waals surface area contributed by atoms with Crippen LogP contribution in [0, 0.1) is 11.6 Å². The maximum absolute atomic E-state index is 13.3. The van der Waals surface area contributed by atoms with Gasteiger partial charge >= 0.3 is 0 Å². The van der Waals surface area contributed by atoms with Crippen LogP contribution in [0.1, 0.15) is 19.4 Å². The molecular formula is C19H30F2N4O2. The van der Waals surface area contributed by atoms with Crippen LogP contribution >= 0.6 is 0 Å². The van der Waals surface area contributed by atoms with Gasteiger partial charge in [-0.15, -0.1) is 0 Å². The summed E-state index contributed by atoms with van der Waals surface area (Å²) in [4.78, 5) is 16.1. The molecule has 1 aromatic carbocycles. The molecule has 1 aliphatic rings. The summed E-state index contributed by atoms with van der Waals surface area (Å²) in [6, 6.07) is 2.26. The molecule has 0 spiro atoms. The lowest BCUT2D eigenvalue weighted by Gasteiger charge is -2.38. The van der Waals surface area contributed by atoms with Gasteiger partial charge in [0.2, 0.25) is 5.91 Å². The Morgan fingerprint density at radius 2 is 1.96 bits per heavy atom. The van der Waals surface area contributed by atoms with Gasteiger partial charge in [-0.3, -0.25) is 9.69 Å². The van der Waals surface area contributed by atoms with E-state index in [1.54, 1.807) is 4.90 Å². The minimum absolute atomic E-state index is 0.0645. The van der Waals surface area contributed by atoms with Crippen LogP contribution < -0.4 is 11.1 Å². The van der Waals surface area contributed by atoms with Crippen molar-refractivity contribution in [3.63, 3.8) is 0 Å². The second-order valence-electron chi connectivity index (χ2n) is 7.00. The normalized spacial score (nSPS) is 20.3. The monoisotopic (exact) mass is 384 g/mol. The van der Waals surface area contributed by atoms with E-state index in [1.807, 2.05) is 18.7 Å². The zero-order chi connectivity index (χ0) is 20.0. The maximum Gasteiger partial charge on any atom is 0.236 e. The van der Waals surface area contributed by atoms with Crippen LogP contribution in [-0.2, 0) is 11.2 Å². The summed E-state index contributed by atoms with van der Waals surface area (Å²) in [6.07, 6.45) is -0.741. The van der Waals surface area contributed by atoms with Crippen LogP contribution in [0.15, 0.2) is 18.2 Å². The summed E-state index contributed by atoms with van der Waals surface area (Å²) in [5, 5.41) is 13.8. The van der Waals surface area contributed by atoms with E-state index < -0.39 is 23.8 Å². The van der Waals surface area contributed by atoms with Crippen LogP contribution in [-0.4, -0.2) is 78.3 Å². The second kappa shape index (κ2) is 10.1. The number of nitrogens with zero attached hydrogens (tertiary/aromatic N) is 2. The Morgan fingerprint density at radius 3 is 2.56 bits per heavy atom. The van der Waals surface area contributed by atoms with Crippen molar-refractivity contribution < 1.29 is 18.7 Å². The van der Waals surface area contributed by atoms with E-state index in [0.717, 1.165) is 6.07 Å². The number of hydrogen-bond acceptors (Lipinski definition) is 5. The highest BCUT2D eigenvalue weighted by Gasteiger charge is 2.30. The number of nitrogens with two attached hydrogens (primary N) is 1. The summed E-state index contributed by atoms with van der Waals surface area (Å²) < 4.78 is 26.7. The first kappa shape index (κ1) is 21.7. The Kier molecular flexibility index (Phi) is 8.09. The third kappa shape index (κ3) is 6.21. The molecule has 1 amide bonds. The van der Waals surface area contributed by atoms with Crippen molar-refractivity contribution in [1.82, 2.24) is 15.1 Å². The van der Waals surface area contributed by atoms with Crippen LogP contribution in [0.25, 0.3) is 0 Å². The Bertz CT molecular complexity index is 607. The smallest absolute Gasteiger partial charge is 0.236 e. The summed E-state index contributed by atoms with van der Waals surface area (Å²) in [5.74, 6) is -1.26. The highest BCUT2D eigenvalue weighted by atomic mass is 19.1. The first-order chi connectivity index (χ1) is 12.8. The molecule has 4 N–H and O–H groups in total. The number of nitrogens with one attached hydrogen (secondary N) is 1. The zero-order valence-corrected chi connectivity index (χ0v) is 16.0. The number of hydrogen-bond donors (Lipinski definition) is 3. The quantitative estimate of drug-likeness (QED) is 0.602. The average molecular weight is 384 g/mol. The van der Waals surface area contributed by atoms with Gasteiger partial charge in [-0.1, -0.05) is 0 Å². The van der Waals surface area contributed by atoms with Crippen molar-refractivity contribution in [2.24, 2.45) is 5.73 Å². The van der Waals surface area contributed by atoms with Gasteiger partial charge in [-0.05, 0) is 38.0 Å². The van der Waals surface area contributed by atoms with E-state index in [0.29, 0.717) is 44.8 Å². The molecule has 3 atom stereocenters. The molecule has 2 rings (SSSR count). The highest BCUT2D eigenvalue weighted by molar-refractivity contribution is 5.78. The first-order valence-electron chi connectivity index (χ1n) is 9.46. The van der Waals surface area contributed by atoms with Crippen molar-refractivity contribution in [1.29, 1.82) is 0 Å². The van der Waals surface area contributed by atoms with Crippen molar-refractivity contribution in [2.45, 2.75) is 38.5 Å². The number of benzene rings is 1. The number of likely N-dealkylation sites (N-methyl/N-ethyl adjacent to an activating group) is 1. The lowest BCUT2D eigenvalue weighted by Crippen LogP contribution is -2.61. The molecule has 0 radical (unpaired) electrons. The van der Waals surface area contributed by atoms with Gasteiger partial charge in [0.15, 0.2) is 0 Å². The van der Waals surface area contributed by atoms with Gasteiger partial charge in [0.1, 0.15) is 11.6 Å². The number of carbonyl (C=O) groups excluding carboxylic acids is 1. The number of amides is 1. The van der Waals surface area contributed by atoms with Gasteiger partial charge < -0.3 is 21.1 Å². The molecule has 6 nitrogen and oxygen atoms in total. The molecule has 1 fully saturated rings. The van der Waals surface area contributed by atoms with Crippen LogP contribution in [0.2, 0.25) is 0 Å². The van der Waals surface area contributed by atoms with E-state index in [1.165, 1.54) is 12.1 Å². The number of piperazine rings is 1. The molecule has 0 aliphatic carbocycles. The number of aliphatic hydroxyl groups excluding tert-OH is 1. The first-order valence-corrected chi connectivity index (χ1v) is 9.46. The van der Waals surface area contributed by atoms with Gasteiger partial charge in [0, 0.05) is 50.9 Å². The lowest BCUT2D eigenvalue weighted by molar-refractivity contribution is -0.132. The molecule has 1 aromatic rings. The Labute approximate surface area is 159 Å². The number of aliphatic hydroxyl groups is 1. The Hall–Kier alpha value is -1.61. The number of rotatable bonds is 8. The van der Waals surface area contributed by atoms with Gasteiger partial charge in [-0.25, -0.2) is 8.78 Å². The summed E-state index contributed by atoms with van der Waals surface area (Å²) >= 11 is 0.